The van der Waals surface area contributed by atoms with Crippen LogP contribution in [0.25, 0.3) is 11.1 Å². The van der Waals surface area contributed by atoms with Crippen molar-refractivity contribution in [2.24, 2.45) is 0 Å². The van der Waals surface area contributed by atoms with E-state index in [1.54, 1.807) is 0 Å². The predicted molar refractivity (Wildman–Crippen MR) is 112 cm³/mol. The maximum atomic E-state index is 6.64. The lowest BCUT2D eigenvalue weighted by atomic mass is 9.77. The minimum absolute atomic E-state index is 0.0193. The van der Waals surface area contributed by atoms with Gasteiger partial charge in [-0.2, -0.15) is 0 Å². The second-order valence-corrected chi connectivity index (χ2v) is 10.3. The van der Waals surface area contributed by atoms with E-state index < -0.39 is 0 Å². The van der Waals surface area contributed by atoms with Crippen LogP contribution >= 0.6 is 0 Å². The molecule has 25 heavy (non-hydrogen) atoms. The quantitative estimate of drug-likeness (QED) is 0.567. The molecule has 0 aliphatic carbocycles. The van der Waals surface area contributed by atoms with Crippen LogP contribution in [-0.2, 0) is 16.2 Å². The summed E-state index contributed by atoms with van der Waals surface area (Å²) in [6.07, 6.45) is 0. The molecule has 0 saturated heterocycles. The van der Waals surface area contributed by atoms with Gasteiger partial charge < -0.3 is 5.73 Å². The Kier molecular flexibility index (Phi) is 4.85. The highest BCUT2D eigenvalue weighted by atomic mass is 14.6. The Morgan fingerprint density at radius 2 is 1.08 bits per heavy atom. The van der Waals surface area contributed by atoms with E-state index in [0.29, 0.717) is 0 Å². The molecule has 0 heterocycles. The molecule has 1 heteroatoms. The summed E-state index contributed by atoms with van der Waals surface area (Å²) in [5.41, 5.74) is 14.1. The molecule has 1 nitrogen and oxygen atoms in total. The van der Waals surface area contributed by atoms with Crippen molar-refractivity contribution in [3.8, 4) is 11.1 Å². The van der Waals surface area contributed by atoms with Gasteiger partial charge in [0.15, 0.2) is 0 Å². The van der Waals surface area contributed by atoms with Crippen LogP contribution < -0.4 is 5.73 Å². The summed E-state index contributed by atoms with van der Waals surface area (Å²) in [5, 5.41) is 0. The smallest absolute Gasteiger partial charge is 0.0431 e. The van der Waals surface area contributed by atoms with Crippen molar-refractivity contribution in [2.45, 2.75) is 78.6 Å². The summed E-state index contributed by atoms with van der Waals surface area (Å²) in [5.74, 6) is 0. The van der Waals surface area contributed by atoms with E-state index in [1.165, 1.54) is 22.3 Å². The summed E-state index contributed by atoms with van der Waals surface area (Å²) < 4.78 is 0. The maximum Gasteiger partial charge on any atom is 0.0431 e. The molecule has 0 amide bonds. The van der Waals surface area contributed by atoms with Crippen LogP contribution in [0.15, 0.2) is 36.4 Å². The van der Waals surface area contributed by atoms with Gasteiger partial charge in [0, 0.05) is 11.3 Å². The summed E-state index contributed by atoms with van der Waals surface area (Å²) in [7, 11) is 0. The third kappa shape index (κ3) is 4.26. The second-order valence-electron chi connectivity index (χ2n) is 10.3. The third-order valence-electron chi connectivity index (χ3n) is 4.92. The average molecular weight is 338 g/mol. The van der Waals surface area contributed by atoms with Gasteiger partial charge in [-0.25, -0.2) is 0 Å². The Labute approximate surface area is 154 Å². The standard InChI is InChI=1S/C24H35N/c1-22(2,3)17-12-10-16(11-13-17)19-14-18(23(4,5)6)15-20(21(19)25)24(7,8)9/h10-15H,25H2,1-9H3. The number of hydrogen-bond acceptors (Lipinski definition) is 1. The largest absolute Gasteiger partial charge is 0.398 e. The van der Waals surface area contributed by atoms with Crippen molar-refractivity contribution in [2.75, 3.05) is 5.73 Å². The summed E-state index contributed by atoms with van der Waals surface area (Å²) in [6.45, 7) is 20.2. The highest BCUT2D eigenvalue weighted by Crippen LogP contribution is 2.40. The molecule has 0 spiro atoms. The highest BCUT2D eigenvalue weighted by molar-refractivity contribution is 5.80. The molecule has 2 aromatic rings. The van der Waals surface area contributed by atoms with E-state index in [9.17, 15) is 0 Å². The van der Waals surface area contributed by atoms with Crippen molar-refractivity contribution < 1.29 is 0 Å². The van der Waals surface area contributed by atoms with E-state index in [4.69, 9.17) is 5.73 Å². The van der Waals surface area contributed by atoms with Gasteiger partial charge in [-0.15, -0.1) is 0 Å². The van der Waals surface area contributed by atoms with Gasteiger partial charge in [0.25, 0.3) is 0 Å². The molecule has 2 N–H and O–H groups in total. The van der Waals surface area contributed by atoms with Crippen molar-refractivity contribution >= 4 is 5.69 Å². The van der Waals surface area contributed by atoms with Crippen LogP contribution in [0.4, 0.5) is 5.69 Å². The van der Waals surface area contributed by atoms with E-state index in [1.807, 2.05) is 0 Å². The molecule has 136 valence electrons. The highest BCUT2D eigenvalue weighted by Gasteiger charge is 2.24. The van der Waals surface area contributed by atoms with Crippen LogP contribution in [-0.4, -0.2) is 0 Å². The molecule has 0 bridgehead atoms. The number of rotatable bonds is 1. The van der Waals surface area contributed by atoms with Gasteiger partial charge in [0.05, 0.1) is 0 Å². The van der Waals surface area contributed by atoms with Crippen LogP contribution in [0.5, 0.6) is 0 Å². The third-order valence-corrected chi connectivity index (χ3v) is 4.92. The Hall–Kier alpha value is -1.76. The van der Waals surface area contributed by atoms with E-state index in [2.05, 4.69) is 98.7 Å². The fourth-order valence-electron chi connectivity index (χ4n) is 3.10. The zero-order chi connectivity index (χ0) is 19.2. The number of anilines is 1. The number of nitrogens with two attached hydrogens (primary N) is 1. The van der Waals surface area contributed by atoms with Crippen molar-refractivity contribution in [1.29, 1.82) is 0 Å². The Morgan fingerprint density at radius 3 is 1.48 bits per heavy atom. The molecule has 0 atom stereocenters. The molecule has 0 aliphatic heterocycles. The molecule has 0 fully saturated rings. The fourth-order valence-corrected chi connectivity index (χ4v) is 3.10. The molecule has 2 rings (SSSR count). The van der Waals surface area contributed by atoms with Gasteiger partial charge in [0.2, 0.25) is 0 Å². The zero-order valence-electron chi connectivity index (χ0n) is 17.5. The SMILES string of the molecule is CC(C)(C)c1ccc(-c2cc(C(C)(C)C)cc(C(C)(C)C)c2N)cc1. The second kappa shape index (κ2) is 6.20. The van der Waals surface area contributed by atoms with Gasteiger partial charge >= 0.3 is 0 Å². The first-order valence-corrected chi connectivity index (χ1v) is 9.26. The molecule has 0 saturated carbocycles. The lowest BCUT2D eigenvalue weighted by Gasteiger charge is -2.28. The lowest BCUT2D eigenvalue weighted by molar-refractivity contribution is 0.570. The molecule has 0 radical (unpaired) electrons. The lowest BCUT2D eigenvalue weighted by Crippen LogP contribution is -2.19. The van der Waals surface area contributed by atoms with Crippen molar-refractivity contribution in [1.82, 2.24) is 0 Å². The number of nitrogen functional groups attached to an aromatic ring is 1. The first kappa shape index (κ1) is 19.6. The minimum atomic E-state index is 0.0193. The molecular weight excluding hydrogens is 302 g/mol. The van der Waals surface area contributed by atoms with Crippen molar-refractivity contribution in [3.05, 3.63) is 53.1 Å². The Bertz CT molecular complexity index is 745. The summed E-state index contributed by atoms with van der Waals surface area (Å²) in [4.78, 5) is 0. The first-order valence-electron chi connectivity index (χ1n) is 9.26. The Balaban J connectivity index is 2.68. The zero-order valence-corrected chi connectivity index (χ0v) is 17.5. The minimum Gasteiger partial charge on any atom is -0.398 e. The molecule has 0 aromatic heterocycles. The molecule has 2 aromatic carbocycles. The first-order chi connectivity index (χ1) is 11.2. The van der Waals surface area contributed by atoms with Gasteiger partial charge in [-0.1, -0.05) is 92.6 Å². The molecule has 0 unspecified atom stereocenters. The number of benzene rings is 2. The average Bonchev–Trinajstić information content (AvgIpc) is 2.44. The maximum absolute atomic E-state index is 6.64. The molecular formula is C24H35N. The van der Waals surface area contributed by atoms with Crippen molar-refractivity contribution in [3.63, 3.8) is 0 Å². The topological polar surface area (TPSA) is 26.0 Å². The van der Waals surface area contributed by atoms with Gasteiger partial charge in [-0.3, -0.25) is 0 Å². The van der Waals surface area contributed by atoms with Crippen LogP contribution in [0.3, 0.4) is 0 Å². The summed E-state index contributed by atoms with van der Waals surface area (Å²) in [6, 6.07) is 13.5. The van der Waals surface area contributed by atoms with Crippen LogP contribution in [0.1, 0.15) is 79.0 Å². The van der Waals surface area contributed by atoms with Crippen LogP contribution in [0.2, 0.25) is 0 Å². The van der Waals surface area contributed by atoms with Crippen LogP contribution in [0, 0.1) is 0 Å². The monoisotopic (exact) mass is 337 g/mol. The predicted octanol–water partition coefficient (Wildman–Crippen LogP) is 6.83. The van der Waals surface area contributed by atoms with Gasteiger partial charge in [-0.05, 0) is 44.6 Å². The number of hydrogen-bond donors (Lipinski definition) is 1. The van der Waals surface area contributed by atoms with E-state index in [-0.39, 0.29) is 16.2 Å². The normalized spacial score (nSPS) is 13.2. The molecule has 0 aliphatic rings. The fraction of sp³-hybridized carbons (Fsp3) is 0.500. The van der Waals surface area contributed by atoms with Gasteiger partial charge in [0.1, 0.15) is 0 Å². The van der Waals surface area contributed by atoms with E-state index in [0.717, 1.165) is 11.3 Å². The Morgan fingerprint density at radius 1 is 0.600 bits per heavy atom. The van der Waals surface area contributed by atoms with E-state index >= 15 is 0 Å². The summed E-state index contributed by atoms with van der Waals surface area (Å²) >= 11 is 0.